The molecule has 0 saturated carbocycles. The highest BCUT2D eigenvalue weighted by Crippen LogP contribution is 1.98. The standard InChI is InChI=1S/C10H11NO2/c1-8(12)10(9(2)13)11-6-4-3-5-7-11/h3-7H,1-2H3. The molecule has 68 valence electrons. The Balaban J connectivity index is 3.20. The van der Waals surface area contributed by atoms with Crippen LogP contribution in [0.1, 0.15) is 13.8 Å². The number of allylic oxidation sites excluding steroid dienone is 2. The number of ketones is 1. The van der Waals surface area contributed by atoms with E-state index in [0.717, 1.165) is 0 Å². The van der Waals surface area contributed by atoms with Gasteiger partial charge in [0.2, 0.25) is 11.5 Å². The van der Waals surface area contributed by atoms with Crippen LogP contribution >= 0.6 is 0 Å². The van der Waals surface area contributed by atoms with Crippen molar-refractivity contribution in [1.82, 2.24) is 0 Å². The Morgan fingerprint density at radius 3 is 2.08 bits per heavy atom. The van der Waals surface area contributed by atoms with E-state index in [9.17, 15) is 9.90 Å². The highest BCUT2D eigenvalue weighted by Gasteiger charge is 2.13. The van der Waals surface area contributed by atoms with E-state index >= 15 is 0 Å². The van der Waals surface area contributed by atoms with Gasteiger partial charge >= 0.3 is 0 Å². The molecule has 0 unspecified atom stereocenters. The van der Waals surface area contributed by atoms with Gasteiger partial charge < -0.3 is 5.11 Å². The molecular formula is C10H11NO2. The van der Waals surface area contributed by atoms with Gasteiger partial charge in [0.15, 0.2) is 12.4 Å². The van der Waals surface area contributed by atoms with Crippen molar-refractivity contribution in [3.63, 3.8) is 0 Å². The molecule has 0 N–H and O–H groups in total. The fourth-order valence-corrected chi connectivity index (χ4v) is 1.16. The minimum absolute atomic E-state index is 0.195. The molecule has 0 aliphatic heterocycles. The van der Waals surface area contributed by atoms with Crippen LogP contribution in [0.3, 0.4) is 0 Å². The summed E-state index contributed by atoms with van der Waals surface area (Å²) < 4.78 is 1.53. The minimum Gasteiger partial charge on any atom is -0.871 e. The molecule has 0 spiro atoms. The van der Waals surface area contributed by atoms with E-state index in [0.29, 0.717) is 0 Å². The third-order valence-corrected chi connectivity index (χ3v) is 1.64. The van der Waals surface area contributed by atoms with Crippen LogP contribution in [0.4, 0.5) is 0 Å². The average Bonchev–Trinajstić information content (AvgIpc) is 2.04. The lowest BCUT2D eigenvalue weighted by atomic mass is 10.2. The molecule has 0 aromatic carbocycles. The lowest BCUT2D eigenvalue weighted by Gasteiger charge is -2.06. The quantitative estimate of drug-likeness (QED) is 0.365. The second-order valence-corrected chi connectivity index (χ2v) is 2.74. The van der Waals surface area contributed by atoms with Gasteiger partial charge in [0.1, 0.15) is 0 Å². The Bertz CT molecular complexity index is 337. The summed E-state index contributed by atoms with van der Waals surface area (Å²) in [5.41, 5.74) is 0.195. The van der Waals surface area contributed by atoms with Crippen LogP contribution in [0, 0.1) is 0 Å². The monoisotopic (exact) mass is 177 g/mol. The van der Waals surface area contributed by atoms with E-state index < -0.39 is 0 Å². The lowest BCUT2D eigenvalue weighted by Crippen LogP contribution is -2.37. The molecule has 0 radical (unpaired) electrons. The van der Waals surface area contributed by atoms with E-state index in [1.165, 1.54) is 18.4 Å². The van der Waals surface area contributed by atoms with Gasteiger partial charge in [-0.15, -0.1) is 0 Å². The average molecular weight is 177 g/mol. The molecule has 0 aliphatic carbocycles. The van der Waals surface area contributed by atoms with Gasteiger partial charge in [-0.2, -0.15) is 4.57 Å². The molecular weight excluding hydrogens is 166 g/mol. The Morgan fingerprint density at radius 2 is 1.69 bits per heavy atom. The number of aromatic nitrogens is 1. The Morgan fingerprint density at radius 1 is 1.15 bits per heavy atom. The van der Waals surface area contributed by atoms with Gasteiger partial charge in [0.05, 0.1) is 0 Å². The van der Waals surface area contributed by atoms with Crippen LogP contribution in [0.25, 0.3) is 5.70 Å². The van der Waals surface area contributed by atoms with E-state index in [2.05, 4.69) is 0 Å². The number of rotatable bonds is 2. The largest absolute Gasteiger partial charge is 0.871 e. The number of carbonyl (C=O) groups is 1. The second-order valence-electron chi connectivity index (χ2n) is 2.74. The lowest BCUT2D eigenvalue weighted by molar-refractivity contribution is -0.582. The summed E-state index contributed by atoms with van der Waals surface area (Å²) in [7, 11) is 0. The summed E-state index contributed by atoms with van der Waals surface area (Å²) in [6.07, 6.45) is 3.36. The predicted molar refractivity (Wildman–Crippen MR) is 46.2 cm³/mol. The zero-order valence-electron chi connectivity index (χ0n) is 7.65. The molecule has 1 heterocycles. The van der Waals surface area contributed by atoms with Crippen LogP contribution in [-0.4, -0.2) is 5.78 Å². The first-order chi connectivity index (χ1) is 6.13. The van der Waals surface area contributed by atoms with Crippen molar-refractivity contribution in [2.45, 2.75) is 13.8 Å². The summed E-state index contributed by atoms with van der Waals surface area (Å²) in [6, 6.07) is 5.37. The van der Waals surface area contributed by atoms with Crippen LogP contribution in [0.2, 0.25) is 0 Å². The zero-order valence-corrected chi connectivity index (χ0v) is 7.65. The summed E-state index contributed by atoms with van der Waals surface area (Å²) >= 11 is 0. The van der Waals surface area contributed by atoms with Crippen LogP contribution in [0.5, 0.6) is 0 Å². The Hall–Kier alpha value is -1.64. The van der Waals surface area contributed by atoms with E-state index in [-0.39, 0.29) is 17.2 Å². The van der Waals surface area contributed by atoms with Gasteiger partial charge in [0.25, 0.3) is 0 Å². The summed E-state index contributed by atoms with van der Waals surface area (Å²) in [5.74, 6) is -0.438. The Labute approximate surface area is 77.0 Å². The number of hydrogen-bond acceptors (Lipinski definition) is 2. The van der Waals surface area contributed by atoms with Crippen molar-refractivity contribution in [1.29, 1.82) is 0 Å². The normalized spacial score (nSPS) is 12.2. The molecule has 0 saturated heterocycles. The van der Waals surface area contributed by atoms with E-state index in [1.807, 2.05) is 6.07 Å². The van der Waals surface area contributed by atoms with Crippen LogP contribution in [0.15, 0.2) is 36.4 Å². The summed E-state index contributed by atoms with van der Waals surface area (Å²) in [4.78, 5) is 11.1. The molecule has 1 rings (SSSR count). The van der Waals surface area contributed by atoms with Gasteiger partial charge in [-0.05, 0) is 6.92 Å². The molecule has 1 aromatic heterocycles. The first-order valence-corrected chi connectivity index (χ1v) is 3.98. The minimum atomic E-state index is -0.219. The molecule has 0 atom stereocenters. The van der Waals surface area contributed by atoms with Crippen LogP contribution < -0.4 is 9.67 Å². The van der Waals surface area contributed by atoms with Gasteiger partial charge in [-0.3, -0.25) is 4.79 Å². The highest BCUT2D eigenvalue weighted by molar-refractivity contribution is 6.10. The maximum atomic E-state index is 11.1. The Kier molecular flexibility index (Phi) is 2.80. The van der Waals surface area contributed by atoms with Gasteiger partial charge in [-0.1, -0.05) is 11.8 Å². The smallest absolute Gasteiger partial charge is 0.241 e. The molecule has 3 nitrogen and oxygen atoms in total. The first kappa shape index (κ1) is 9.45. The van der Waals surface area contributed by atoms with Crippen molar-refractivity contribution in [2.75, 3.05) is 0 Å². The van der Waals surface area contributed by atoms with Crippen LogP contribution in [-0.2, 0) is 4.79 Å². The van der Waals surface area contributed by atoms with Gasteiger partial charge in [-0.25, -0.2) is 0 Å². The summed E-state index contributed by atoms with van der Waals surface area (Å²) in [5, 5.41) is 11.1. The van der Waals surface area contributed by atoms with Crippen molar-refractivity contribution < 1.29 is 14.5 Å². The fraction of sp³-hybridized carbons (Fsp3) is 0.200. The molecule has 3 heteroatoms. The zero-order chi connectivity index (χ0) is 9.84. The van der Waals surface area contributed by atoms with Crippen molar-refractivity contribution in [2.24, 2.45) is 0 Å². The maximum Gasteiger partial charge on any atom is 0.241 e. The highest BCUT2D eigenvalue weighted by atomic mass is 16.3. The number of carbonyl (C=O) groups excluding carboxylic acids is 1. The molecule has 1 aromatic rings. The van der Waals surface area contributed by atoms with Crippen molar-refractivity contribution in [3.05, 3.63) is 36.4 Å². The van der Waals surface area contributed by atoms with E-state index in [1.54, 1.807) is 24.5 Å². The van der Waals surface area contributed by atoms with Crippen molar-refractivity contribution >= 4 is 11.5 Å². The number of pyridine rings is 1. The second kappa shape index (κ2) is 3.85. The summed E-state index contributed by atoms with van der Waals surface area (Å²) in [6.45, 7) is 2.77. The van der Waals surface area contributed by atoms with E-state index in [4.69, 9.17) is 0 Å². The molecule has 13 heavy (non-hydrogen) atoms. The van der Waals surface area contributed by atoms with Gasteiger partial charge in [0, 0.05) is 19.1 Å². The molecule has 0 fully saturated rings. The third-order valence-electron chi connectivity index (χ3n) is 1.64. The number of Topliss-reactive ketones (excluding diaryl/α,β-unsaturated/α-hetero) is 1. The third kappa shape index (κ3) is 2.15. The topological polar surface area (TPSA) is 44.0 Å². The van der Waals surface area contributed by atoms with Crippen molar-refractivity contribution in [3.8, 4) is 0 Å². The number of nitrogens with zero attached hydrogens (tertiary/aromatic N) is 1. The predicted octanol–water partition coefficient (Wildman–Crippen LogP) is 0.112. The molecule has 0 bridgehead atoms. The first-order valence-electron chi connectivity index (χ1n) is 3.98. The molecule has 0 amide bonds. The molecule has 0 aliphatic rings. The number of hydrogen-bond donors (Lipinski definition) is 0. The fourth-order valence-electron chi connectivity index (χ4n) is 1.16. The SMILES string of the molecule is CC(=O)/C(=C(/C)[O-])[n+]1ccccc1. The maximum absolute atomic E-state index is 11.1.